The van der Waals surface area contributed by atoms with Crippen molar-refractivity contribution >= 4 is 23.4 Å². The van der Waals surface area contributed by atoms with E-state index in [-0.39, 0.29) is 11.5 Å². The van der Waals surface area contributed by atoms with Crippen LogP contribution >= 0.6 is 11.8 Å². The second kappa shape index (κ2) is 7.13. The third kappa shape index (κ3) is 3.98. The van der Waals surface area contributed by atoms with Crippen LogP contribution in [-0.2, 0) is 12.3 Å². The number of aromatic nitrogens is 1. The van der Waals surface area contributed by atoms with Crippen LogP contribution in [0.25, 0.3) is 0 Å². The molecule has 2 aromatic rings. The summed E-state index contributed by atoms with van der Waals surface area (Å²) in [5, 5.41) is 2.81. The fourth-order valence-corrected chi connectivity index (χ4v) is 2.50. The molecule has 1 N–H and O–H groups in total. The Bertz CT molecular complexity index is 677. The summed E-state index contributed by atoms with van der Waals surface area (Å²) in [6, 6.07) is 10.6. The maximum atomic E-state index is 12.2. The third-order valence-electron chi connectivity index (χ3n) is 3.11. The number of amides is 1. The van der Waals surface area contributed by atoms with E-state index in [4.69, 9.17) is 0 Å². The van der Waals surface area contributed by atoms with Gasteiger partial charge in [0.25, 0.3) is 11.5 Å². The molecule has 1 aromatic carbocycles. The van der Waals surface area contributed by atoms with Crippen molar-refractivity contribution in [2.24, 2.45) is 0 Å². The lowest BCUT2D eigenvalue weighted by atomic mass is 10.1. The van der Waals surface area contributed by atoms with Crippen LogP contribution in [0.5, 0.6) is 0 Å². The normalized spacial score (nSPS) is 10.4. The number of hydrogen-bond acceptors (Lipinski definition) is 3. The summed E-state index contributed by atoms with van der Waals surface area (Å²) in [5.41, 5.74) is 2.35. The number of benzene rings is 1. The Morgan fingerprint density at radius 3 is 2.52 bits per heavy atom. The summed E-state index contributed by atoms with van der Waals surface area (Å²) in [7, 11) is 0. The molecule has 0 bridgehead atoms. The summed E-state index contributed by atoms with van der Waals surface area (Å²) in [5.74, 6) is 0.760. The standard InChI is InChI=1S/C16H18N2O2S/c1-3-18-10-14(8-9-15(18)19)17-16(20)13-6-4-12(5-7-13)11-21-2/h4-10H,3,11H2,1-2H3,(H,17,20). The Balaban J connectivity index is 2.12. The minimum Gasteiger partial charge on any atom is -0.321 e. The molecule has 1 aromatic heterocycles. The van der Waals surface area contributed by atoms with Gasteiger partial charge >= 0.3 is 0 Å². The third-order valence-corrected chi connectivity index (χ3v) is 3.73. The number of aryl methyl sites for hydroxylation is 1. The first-order valence-electron chi connectivity index (χ1n) is 6.73. The lowest BCUT2D eigenvalue weighted by Crippen LogP contribution is -2.19. The van der Waals surface area contributed by atoms with Gasteiger partial charge in [0.15, 0.2) is 0 Å². The SMILES string of the molecule is CCn1cc(NC(=O)c2ccc(CSC)cc2)ccc1=O. The van der Waals surface area contributed by atoms with Gasteiger partial charge in [-0.3, -0.25) is 9.59 Å². The summed E-state index contributed by atoms with van der Waals surface area (Å²) in [6.45, 7) is 2.46. The number of pyridine rings is 1. The molecular weight excluding hydrogens is 284 g/mol. The Morgan fingerprint density at radius 1 is 1.19 bits per heavy atom. The number of hydrogen-bond donors (Lipinski definition) is 1. The van der Waals surface area contributed by atoms with Crippen LogP contribution in [0.1, 0.15) is 22.8 Å². The Hall–Kier alpha value is -2.01. The maximum Gasteiger partial charge on any atom is 0.255 e. The highest BCUT2D eigenvalue weighted by atomic mass is 32.2. The van der Waals surface area contributed by atoms with Crippen LogP contribution in [0.4, 0.5) is 5.69 Å². The minimum atomic E-state index is -0.174. The number of rotatable bonds is 5. The fourth-order valence-electron chi connectivity index (χ4n) is 1.97. The molecule has 21 heavy (non-hydrogen) atoms. The zero-order valence-corrected chi connectivity index (χ0v) is 12.9. The van der Waals surface area contributed by atoms with Gasteiger partial charge in [0.05, 0.1) is 5.69 Å². The molecule has 0 aliphatic heterocycles. The first-order chi connectivity index (χ1) is 10.1. The smallest absolute Gasteiger partial charge is 0.255 e. The molecule has 2 rings (SSSR count). The summed E-state index contributed by atoms with van der Waals surface area (Å²) in [6.07, 6.45) is 3.70. The van der Waals surface area contributed by atoms with Crippen molar-refractivity contribution in [1.29, 1.82) is 0 Å². The highest BCUT2D eigenvalue weighted by molar-refractivity contribution is 7.97. The molecule has 0 fully saturated rings. The summed E-state index contributed by atoms with van der Waals surface area (Å²) in [4.78, 5) is 23.7. The van der Waals surface area contributed by atoms with E-state index in [2.05, 4.69) is 5.32 Å². The topological polar surface area (TPSA) is 51.1 Å². The van der Waals surface area contributed by atoms with Crippen LogP contribution in [0.15, 0.2) is 47.4 Å². The molecule has 110 valence electrons. The van der Waals surface area contributed by atoms with Crippen molar-refractivity contribution < 1.29 is 4.79 Å². The molecule has 0 aliphatic carbocycles. The van der Waals surface area contributed by atoms with Crippen LogP contribution < -0.4 is 10.9 Å². The number of carbonyl (C=O) groups excluding carboxylic acids is 1. The molecule has 5 heteroatoms. The van der Waals surface area contributed by atoms with Crippen molar-refractivity contribution in [2.75, 3.05) is 11.6 Å². The fraction of sp³-hybridized carbons (Fsp3) is 0.250. The molecule has 0 aliphatic rings. The number of carbonyl (C=O) groups is 1. The lowest BCUT2D eigenvalue weighted by molar-refractivity contribution is 0.102. The number of anilines is 1. The van der Waals surface area contributed by atoms with E-state index >= 15 is 0 Å². The summed E-state index contributed by atoms with van der Waals surface area (Å²) >= 11 is 1.74. The van der Waals surface area contributed by atoms with Gasteiger partial charge in [-0.05, 0) is 36.9 Å². The zero-order chi connectivity index (χ0) is 15.2. The van der Waals surface area contributed by atoms with Crippen molar-refractivity contribution in [3.63, 3.8) is 0 Å². The van der Waals surface area contributed by atoms with Crippen LogP contribution in [0, 0.1) is 0 Å². The van der Waals surface area contributed by atoms with Crippen molar-refractivity contribution in [3.05, 3.63) is 64.1 Å². The largest absolute Gasteiger partial charge is 0.321 e. The zero-order valence-electron chi connectivity index (χ0n) is 12.1. The molecular formula is C16H18N2O2S. The molecule has 0 saturated heterocycles. The first-order valence-corrected chi connectivity index (χ1v) is 8.13. The van der Waals surface area contributed by atoms with E-state index in [1.807, 2.05) is 37.4 Å². The van der Waals surface area contributed by atoms with Gasteiger partial charge in [-0.2, -0.15) is 11.8 Å². The first kappa shape index (κ1) is 15.4. The lowest BCUT2D eigenvalue weighted by Gasteiger charge is -2.08. The van der Waals surface area contributed by atoms with Crippen LogP contribution in [0.2, 0.25) is 0 Å². The van der Waals surface area contributed by atoms with Crippen LogP contribution in [0.3, 0.4) is 0 Å². The maximum absolute atomic E-state index is 12.2. The minimum absolute atomic E-state index is 0.0723. The highest BCUT2D eigenvalue weighted by Gasteiger charge is 2.07. The van der Waals surface area contributed by atoms with E-state index in [0.717, 1.165) is 5.75 Å². The second-order valence-corrected chi connectivity index (χ2v) is 5.49. The molecule has 0 unspecified atom stereocenters. The van der Waals surface area contributed by atoms with Crippen molar-refractivity contribution in [3.8, 4) is 0 Å². The number of nitrogens with one attached hydrogen (secondary N) is 1. The predicted octanol–water partition coefficient (Wildman–Crippen LogP) is 2.98. The molecule has 0 saturated carbocycles. The molecule has 0 atom stereocenters. The van der Waals surface area contributed by atoms with Gasteiger partial charge in [0, 0.05) is 30.1 Å². The molecule has 0 spiro atoms. The summed E-state index contributed by atoms with van der Waals surface area (Å²) < 4.78 is 1.55. The van der Waals surface area contributed by atoms with Gasteiger partial charge in [-0.25, -0.2) is 0 Å². The van der Waals surface area contributed by atoms with Gasteiger partial charge in [0.2, 0.25) is 0 Å². The molecule has 4 nitrogen and oxygen atoms in total. The van der Waals surface area contributed by atoms with E-state index in [9.17, 15) is 9.59 Å². The molecule has 1 amide bonds. The average molecular weight is 302 g/mol. The second-order valence-electron chi connectivity index (χ2n) is 4.63. The van der Waals surface area contributed by atoms with E-state index in [0.29, 0.717) is 17.8 Å². The quantitative estimate of drug-likeness (QED) is 0.924. The van der Waals surface area contributed by atoms with Crippen molar-refractivity contribution in [2.45, 2.75) is 19.2 Å². The van der Waals surface area contributed by atoms with Gasteiger partial charge in [-0.1, -0.05) is 12.1 Å². The van der Waals surface area contributed by atoms with Gasteiger partial charge in [-0.15, -0.1) is 0 Å². The molecule has 0 radical (unpaired) electrons. The van der Waals surface area contributed by atoms with E-state index < -0.39 is 0 Å². The molecule has 1 heterocycles. The predicted molar refractivity (Wildman–Crippen MR) is 88.0 cm³/mol. The van der Waals surface area contributed by atoms with Gasteiger partial charge in [0.1, 0.15) is 0 Å². The van der Waals surface area contributed by atoms with E-state index in [1.54, 1.807) is 28.6 Å². The van der Waals surface area contributed by atoms with Crippen LogP contribution in [-0.4, -0.2) is 16.7 Å². The number of nitrogens with zero attached hydrogens (tertiary/aromatic N) is 1. The highest BCUT2D eigenvalue weighted by Crippen LogP contribution is 2.12. The van der Waals surface area contributed by atoms with Crippen molar-refractivity contribution in [1.82, 2.24) is 4.57 Å². The van der Waals surface area contributed by atoms with Gasteiger partial charge < -0.3 is 9.88 Å². The number of thioether (sulfide) groups is 1. The van der Waals surface area contributed by atoms with E-state index in [1.165, 1.54) is 11.6 Å². The Morgan fingerprint density at radius 2 is 1.90 bits per heavy atom. The average Bonchev–Trinajstić information content (AvgIpc) is 2.50. The Labute approximate surface area is 128 Å². The Kier molecular flexibility index (Phi) is 5.22. The monoisotopic (exact) mass is 302 g/mol.